The van der Waals surface area contributed by atoms with Gasteiger partial charge in [-0.15, -0.1) is 0 Å². The van der Waals surface area contributed by atoms with Crippen LogP contribution in [0.4, 0.5) is 5.69 Å². The fourth-order valence-corrected chi connectivity index (χ4v) is 4.52. The number of nitrogens with zero attached hydrogens (tertiary/aromatic N) is 1. The number of hydrogen-bond acceptors (Lipinski definition) is 4. The fourth-order valence-electron chi connectivity index (χ4n) is 3.03. The molecule has 0 aromatic heterocycles. The summed E-state index contributed by atoms with van der Waals surface area (Å²) in [5.74, 6) is 0.388. The molecule has 2 aromatic rings. The number of sulfonamides is 1. The Morgan fingerprint density at radius 2 is 1.69 bits per heavy atom. The summed E-state index contributed by atoms with van der Waals surface area (Å²) in [6.07, 6.45) is 0.0630. The van der Waals surface area contributed by atoms with Crippen LogP contribution in [0, 0.1) is 13.8 Å². The van der Waals surface area contributed by atoms with Crippen LogP contribution in [0.25, 0.3) is 0 Å². The summed E-state index contributed by atoms with van der Waals surface area (Å²) < 4.78 is 32.6. The molecule has 0 saturated heterocycles. The van der Waals surface area contributed by atoms with Crippen molar-refractivity contribution < 1.29 is 17.9 Å². The monoisotopic (exact) mass is 418 g/mol. The van der Waals surface area contributed by atoms with Gasteiger partial charge in [0.25, 0.3) is 5.91 Å². The summed E-state index contributed by atoms with van der Waals surface area (Å²) in [6.45, 7) is 11.9. The van der Waals surface area contributed by atoms with E-state index in [0.29, 0.717) is 29.9 Å². The number of benzene rings is 2. The minimum atomic E-state index is -3.64. The number of hydrogen-bond donors (Lipinski definition) is 1. The molecule has 0 fully saturated rings. The smallest absolute Gasteiger partial charge is 0.255 e. The van der Waals surface area contributed by atoms with Crippen molar-refractivity contribution in [3.05, 3.63) is 53.1 Å². The number of ether oxygens (including phenoxy) is 1. The molecule has 0 unspecified atom stereocenters. The molecule has 7 heteroatoms. The van der Waals surface area contributed by atoms with Crippen molar-refractivity contribution in [1.82, 2.24) is 4.31 Å². The lowest BCUT2D eigenvalue weighted by Gasteiger charge is -2.19. The van der Waals surface area contributed by atoms with E-state index in [1.807, 2.05) is 26.8 Å². The maximum atomic E-state index is 12.9. The second-order valence-electron chi connectivity index (χ2n) is 7.16. The van der Waals surface area contributed by atoms with E-state index in [-0.39, 0.29) is 16.9 Å². The van der Waals surface area contributed by atoms with Crippen LogP contribution in [0.15, 0.2) is 41.3 Å². The van der Waals surface area contributed by atoms with Crippen molar-refractivity contribution in [3.63, 3.8) is 0 Å². The molecule has 0 aliphatic rings. The molecule has 0 aliphatic heterocycles. The first-order valence-corrected chi connectivity index (χ1v) is 11.2. The molecule has 1 N–H and O–H groups in total. The number of aryl methyl sites for hydroxylation is 2. The van der Waals surface area contributed by atoms with E-state index in [4.69, 9.17) is 4.74 Å². The maximum Gasteiger partial charge on any atom is 0.255 e. The highest BCUT2D eigenvalue weighted by atomic mass is 32.2. The van der Waals surface area contributed by atoms with Gasteiger partial charge in [-0.2, -0.15) is 4.31 Å². The Balaban J connectivity index is 2.32. The van der Waals surface area contributed by atoms with E-state index in [1.165, 1.54) is 10.4 Å². The molecule has 158 valence electrons. The highest BCUT2D eigenvalue weighted by molar-refractivity contribution is 7.89. The molecule has 2 aromatic carbocycles. The van der Waals surface area contributed by atoms with Crippen LogP contribution in [-0.4, -0.2) is 37.8 Å². The second kappa shape index (κ2) is 9.41. The molecular formula is C22H30N2O4S. The van der Waals surface area contributed by atoms with Gasteiger partial charge in [0.1, 0.15) is 5.75 Å². The summed E-state index contributed by atoms with van der Waals surface area (Å²) in [7, 11) is -3.64. The highest BCUT2D eigenvalue weighted by Gasteiger charge is 2.23. The highest BCUT2D eigenvalue weighted by Crippen LogP contribution is 2.24. The van der Waals surface area contributed by atoms with Gasteiger partial charge in [0.05, 0.1) is 11.0 Å². The molecule has 0 atom stereocenters. The van der Waals surface area contributed by atoms with Crippen molar-refractivity contribution in [1.29, 1.82) is 0 Å². The second-order valence-corrected chi connectivity index (χ2v) is 9.10. The molecule has 0 heterocycles. The molecule has 0 aliphatic carbocycles. The molecule has 0 radical (unpaired) electrons. The van der Waals surface area contributed by atoms with Gasteiger partial charge >= 0.3 is 0 Å². The Labute approximate surface area is 173 Å². The normalized spacial score (nSPS) is 11.7. The van der Waals surface area contributed by atoms with E-state index < -0.39 is 10.0 Å². The Bertz CT molecular complexity index is 980. The lowest BCUT2D eigenvalue weighted by molar-refractivity contribution is 0.102. The number of carbonyl (C=O) groups is 1. The number of anilines is 1. The van der Waals surface area contributed by atoms with Crippen LogP contribution in [-0.2, 0) is 10.0 Å². The minimum Gasteiger partial charge on any atom is -0.491 e. The molecule has 29 heavy (non-hydrogen) atoms. The summed E-state index contributed by atoms with van der Waals surface area (Å²) in [5.41, 5.74) is 2.56. The third-order valence-corrected chi connectivity index (χ3v) is 6.66. The van der Waals surface area contributed by atoms with Gasteiger partial charge in [0, 0.05) is 24.3 Å². The van der Waals surface area contributed by atoms with Crippen molar-refractivity contribution in [3.8, 4) is 5.75 Å². The van der Waals surface area contributed by atoms with Gasteiger partial charge in [-0.25, -0.2) is 8.42 Å². The zero-order chi connectivity index (χ0) is 21.8. The summed E-state index contributed by atoms with van der Waals surface area (Å²) in [4.78, 5) is 13.0. The zero-order valence-corrected chi connectivity index (χ0v) is 18.8. The third kappa shape index (κ3) is 5.36. The number of rotatable bonds is 8. The van der Waals surface area contributed by atoms with Crippen molar-refractivity contribution >= 4 is 21.6 Å². The standard InChI is InChI=1S/C22H30N2O4S/c1-7-24(8-2)29(26,27)19-11-9-16(5)20(14-19)22(25)23-21-12-10-18(13-17(21)6)28-15(3)4/h9-15H,7-8H2,1-6H3,(H,23,25). The van der Waals surface area contributed by atoms with Crippen LogP contribution in [0.1, 0.15) is 49.2 Å². The summed E-state index contributed by atoms with van der Waals surface area (Å²) >= 11 is 0. The molecule has 2 rings (SSSR count). The number of amides is 1. The lowest BCUT2D eigenvalue weighted by Crippen LogP contribution is -2.30. The molecule has 0 saturated carbocycles. The van der Waals surface area contributed by atoms with E-state index in [9.17, 15) is 13.2 Å². The SMILES string of the molecule is CCN(CC)S(=O)(=O)c1ccc(C)c(C(=O)Nc2ccc(OC(C)C)cc2C)c1. The van der Waals surface area contributed by atoms with Crippen LogP contribution < -0.4 is 10.1 Å². The van der Waals surface area contributed by atoms with Crippen molar-refractivity contribution in [2.45, 2.75) is 52.5 Å². The molecular weight excluding hydrogens is 388 g/mol. The number of carbonyl (C=O) groups excluding carboxylic acids is 1. The summed E-state index contributed by atoms with van der Waals surface area (Å²) in [5, 5.41) is 2.88. The van der Waals surface area contributed by atoms with E-state index in [1.54, 1.807) is 45.0 Å². The Morgan fingerprint density at radius 1 is 1.03 bits per heavy atom. The lowest BCUT2D eigenvalue weighted by atomic mass is 10.1. The minimum absolute atomic E-state index is 0.0630. The maximum absolute atomic E-state index is 12.9. The Morgan fingerprint density at radius 3 is 2.24 bits per heavy atom. The topological polar surface area (TPSA) is 75.7 Å². The van der Waals surface area contributed by atoms with Crippen LogP contribution in [0.3, 0.4) is 0 Å². The predicted molar refractivity (Wildman–Crippen MR) is 116 cm³/mol. The first-order valence-electron chi connectivity index (χ1n) is 9.79. The van der Waals surface area contributed by atoms with Crippen molar-refractivity contribution in [2.75, 3.05) is 18.4 Å². The Kier molecular flexibility index (Phi) is 7.43. The average molecular weight is 419 g/mol. The molecule has 0 bridgehead atoms. The van der Waals surface area contributed by atoms with Gasteiger partial charge in [0.2, 0.25) is 10.0 Å². The molecule has 6 nitrogen and oxygen atoms in total. The van der Waals surface area contributed by atoms with Crippen LogP contribution in [0.5, 0.6) is 5.75 Å². The quantitative estimate of drug-likeness (QED) is 0.690. The average Bonchev–Trinajstić information content (AvgIpc) is 2.64. The first kappa shape index (κ1) is 22.9. The third-order valence-electron chi connectivity index (χ3n) is 4.61. The first-order chi connectivity index (χ1) is 13.6. The Hall–Kier alpha value is -2.38. The van der Waals surface area contributed by atoms with Gasteiger partial charge < -0.3 is 10.1 Å². The van der Waals surface area contributed by atoms with Gasteiger partial charge in [0.15, 0.2) is 0 Å². The van der Waals surface area contributed by atoms with Gasteiger partial charge in [-0.05, 0) is 69.2 Å². The fraction of sp³-hybridized carbons (Fsp3) is 0.409. The van der Waals surface area contributed by atoms with Gasteiger partial charge in [-0.1, -0.05) is 19.9 Å². The van der Waals surface area contributed by atoms with E-state index in [0.717, 1.165) is 11.3 Å². The van der Waals surface area contributed by atoms with Crippen LogP contribution >= 0.6 is 0 Å². The molecule has 1 amide bonds. The zero-order valence-electron chi connectivity index (χ0n) is 17.9. The van der Waals surface area contributed by atoms with Gasteiger partial charge in [-0.3, -0.25) is 4.79 Å². The van der Waals surface area contributed by atoms with Crippen LogP contribution in [0.2, 0.25) is 0 Å². The largest absolute Gasteiger partial charge is 0.491 e. The van der Waals surface area contributed by atoms with E-state index >= 15 is 0 Å². The van der Waals surface area contributed by atoms with Crippen molar-refractivity contribution in [2.24, 2.45) is 0 Å². The predicted octanol–water partition coefficient (Wildman–Crippen LogP) is 4.37. The molecule has 0 spiro atoms. The van der Waals surface area contributed by atoms with E-state index in [2.05, 4.69) is 5.32 Å². The summed E-state index contributed by atoms with van der Waals surface area (Å²) in [6, 6.07) is 10.1. The number of nitrogens with one attached hydrogen (secondary N) is 1.